The molecule has 0 heterocycles. The molecule has 0 aliphatic carbocycles. The number of nitrogens with zero attached hydrogens (tertiary/aromatic N) is 2. The van der Waals surface area contributed by atoms with Gasteiger partial charge in [-0.25, -0.2) is 0 Å². The maximum Gasteiger partial charge on any atom is 0.310 e. The maximum absolute atomic E-state index is 11.6. The third-order valence-electron chi connectivity index (χ3n) is 3.32. The maximum atomic E-state index is 11.6. The van der Waals surface area contributed by atoms with Gasteiger partial charge in [0.25, 0.3) is 0 Å². The van der Waals surface area contributed by atoms with Crippen LogP contribution in [0.1, 0.15) is 26.7 Å². The molecule has 0 aromatic heterocycles. The van der Waals surface area contributed by atoms with Gasteiger partial charge in [0, 0.05) is 13.8 Å². The average Bonchev–Trinajstić information content (AvgIpc) is 2.23. The zero-order valence-corrected chi connectivity index (χ0v) is 14.1. The molecule has 0 amide bonds. The zero-order valence-electron chi connectivity index (χ0n) is 14.1. The van der Waals surface area contributed by atoms with Gasteiger partial charge in [-0.2, -0.15) is 0 Å². The summed E-state index contributed by atoms with van der Waals surface area (Å²) >= 11 is 0. The third-order valence-corrected chi connectivity index (χ3v) is 3.32. The number of hydrogen-bond acceptors (Lipinski definition) is 4. The summed E-state index contributed by atoms with van der Waals surface area (Å²) in [5.41, 5.74) is 0. The lowest BCUT2D eigenvalue weighted by Gasteiger charge is -2.31. The molecule has 2 atom stereocenters. The van der Waals surface area contributed by atoms with Crippen LogP contribution in [0.3, 0.4) is 0 Å². The van der Waals surface area contributed by atoms with Crippen molar-refractivity contribution < 1.29 is 28.0 Å². The van der Waals surface area contributed by atoms with Crippen molar-refractivity contribution in [3.8, 4) is 0 Å². The number of esters is 2. The minimum atomic E-state index is -0.375. The molecule has 0 spiro atoms. The van der Waals surface area contributed by atoms with E-state index < -0.39 is 0 Å². The number of ether oxygens (including phenoxy) is 2. The first-order chi connectivity index (χ1) is 8.84. The predicted octanol–water partition coefficient (Wildman–Crippen LogP) is 0.957. The molecule has 118 valence electrons. The molecule has 0 fully saturated rings. The van der Waals surface area contributed by atoms with Crippen LogP contribution in [-0.4, -0.2) is 75.6 Å². The Hall–Kier alpha value is -1.14. The predicted molar refractivity (Wildman–Crippen MR) is 76.4 cm³/mol. The van der Waals surface area contributed by atoms with Gasteiger partial charge >= 0.3 is 11.9 Å². The summed E-state index contributed by atoms with van der Waals surface area (Å²) in [6.45, 7) is 3.66. The van der Waals surface area contributed by atoms with Crippen LogP contribution in [-0.2, 0) is 19.1 Å². The van der Waals surface area contributed by atoms with Crippen molar-refractivity contribution in [2.75, 3.05) is 42.3 Å². The molecule has 20 heavy (non-hydrogen) atoms. The molecule has 2 unspecified atom stereocenters. The molecule has 0 N–H and O–H groups in total. The minimum absolute atomic E-state index is 0.0486. The standard InChI is InChI=1S/C14H30N2O4/c1-11(15(3,4)5)19-13(17)9-10-14(18)20-12(2)16(6,7)8/h11-12H,9-10H2,1-8H3/q+2. The smallest absolute Gasteiger partial charge is 0.310 e. The van der Waals surface area contributed by atoms with Gasteiger partial charge in [0.05, 0.1) is 55.1 Å². The molecule has 0 bridgehead atoms. The normalized spacial score (nSPS) is 15.4. The Morgan fingerprint density at radius 1 is 0.750 bits per heavy atom. The summed E-state index contributed by atoms with van der Waals surface area (Å²) in [5.74, 6) is -0.749. The van der Waals surface area contributed by atoms with Crippen molar-refractivity contribution in [1.82, 2.24) is 0 Å². The van der Waals surface area contributed by atoms with E-state index in [9.17, 15) is 9.59 Å². The molecule has 0 rings (SSSR count). The summed E-state index contributed by atoms with van der Waals surface area (Å²) in [6, 6.07) is 0. The Kier molecular flexibility index (Phi) is 6.64. The second kappa shape index (κ2) is 7.04. The summed E-state index contributed by atoms with van der Waals surface area (Å²) in [6.07, 6.45) is -0.396. The van der Waals surface area contributed by atoms with Crippen molar-refractivity contribution in [2.24, 2.45) is 0 Å². The molecule has 6 heteroatoms. The topological polar surface area (TPSA) is 52.6 Å². The van der Waals surface area contributed by atoms with Crippen LogP contribution in [0.25, 0.3) is 0 Å². The van der Waals surface area contributed by atoms with Crippen molar-refractivity contribution >= 4 is 11.9 Å². The fraction of sp³-hybridized carbons (Fsp3) is 0.857. The van der Waals surface area contributed by atoms with Crippen LogP contribution in [0.2, 0.25) is 0 Å². The highest BCUT2D eigenvalue weighted by Crippen LogP contribution is 2.09. The van der Waals surface area contributed by atoms with E-state index in [0.29, 0.717) is 8.97 Å². The lowest BCUT2D eigenvalue weighted by atomic mass is 10.3. The molecule has 0 aliphatic rings. The van der Waals surface area contributed by atoms with E-state index >= 15 is 0 Å². The summed E-state index contributed by atoms with van der Waals surface area (Å²) < 4.78 is 11.6. The van der Waals surface area contributed by atoms with Crippen molar-refractivity contribution in [3.63, 3.8) is 0 Å². The molecule has 0 aromatic rings. The van der Waals surface area contributed by atoms with Crippen LogP contribution < -0.4 is 0 Å². The Labute approximate surface area is 122 Å². The van der Waals surface area contributed by atoms with E-state index in [2.05, 4.69) is 0 Å². The number of carbonyl (C=O) groups is 2. The Morgan fingerprint density at radius 3 is 1.20 bits per heavy atom. The van der Waals surface area contributed by atoms with E-state index in [4.69, 9.17) is 9.47 Å². The summed E-state index contributed by atoms with van der Waals surface area (Å²) in [4.78, 5) is 23.3. The zero-order chi connectivity index (χ0) is 16.1. The van der Waals surface area contributed by atoms with Gasteiger partial charge < -0.3 is 9.47 Å². The first kappa shape index (κ1) is 18.9. The van der Waals surface area contributed by atoms with Gasteiger partial charge in [-0.05, 0) is 0 Å². The van der Waals surface area contributed by atoms with Crippen LogP contribution in [0.5, 0.6) is 0 Å². The average molecular weight is 290 g/mol. The first-order valence-corrected chi connectivity index (χ1v) is 6.85. The first-order valence-electron chi connectivity index (χ1n) is 6.85. The van der Waals surface area contributed by atoms with Gasteiger partial charge in [0.1, 0.15) is 0 Å². The van der Waals surface area contributed by atoms with Gasteiger partial charge in [0.15, 0.2) is 0 Å². The molecule has 6 nitrogen and oxygen atoms in total. The van der Waals surface area contributed by atoms with E-state index in [1.165, 1.54) is 0 Å². The van der Waals surface area contributed by atoms with Crippen molar-refractivity contribution in [2.45, 2.75) is 39.1 Å². The number of hydrogen-bond donors (Lipinski definition) is 0. The molecule has 0 aromatic carbocycles. The highest BCUT2D eigenvalue weighted by Gasteiger charge is 2.25. The van der Waals surface area contributed by atoms with Gasteiger partial charge in [-0.3, -0.25) is 18.6 Å². The molecule has 0 aliphatic heterocycles. The largest absolute Gasteiger partial charge is 0.413 e. The second-order valence-corrected chi connectivity index (χ2v) is 6.91. The van der Waals surface area contributed by atoms with Crippen LogP contribution in [0.4, 0.5) is 0 Å². The van der Waals surface area contributed by atoms with Crippen molar-refractivity contribution in [3.05, 3.63) is 0 Å². The monoisotopic (exact) mass is 290 g/mol. The molecular formula is C14H30N2O4+2. The van der Waals surface area contributed by atoms with Gasteiger partial charge in [-0.15, -0.1) is 0 Å². The Bertz CT molecular complexity index is 308. The van der Waals surface area contributed by atoms with Crippen LogP contribution >= 0.6 is 0 Å². The number of carbonyl (C=O) groups excluding carboxylic acids is 2. The lowest BCUT2D eigenvalue weighted by molar-refractivity contribution is -0.914. The fourth-order valence-corrected chi connectivity index (χ4v) is 1.02. The van der Waals surface area contributed by atoms with E-state index in [0.717, 1.165) is 0 Å². The molecule has 0 radical (unpaired) electrons. The van der Waals surface area contributed by atoms with Gasteiger partial charge in [-0.1, -0.05) is 0 Å². The SMILES string of the molecule is CC(OC(=O)CCC(=O)OC(C)[N+](C)(C)C)[N+](C)(C)C. The summed E-state index contributed by atoms with van der Waals surface area (Å²) in [7, 11) is 11.6. The second-order valence-electron chi connectivity index (χ2n) is 6.91. The van der Waals surface area contributed by atoms with E-state index in [1.807, 2.05) is 56.1 Å². The van der Waals surface area contributed by atoms with E-state index in [-0.39, 0.29) is 37.2 Å². The van der Waals surface area contributed by atoms with E-state index in [1.54, 1.807) is 0 Å². The Morgan fingerprint density at radius 2 is 1.00 bits per heavy atom. The highest BCUT2D eigenvalue weighted by molar-refractivity contribution is 5.77. The Balaban J connectivity index is 4.11. The highest BCUT2D eigenvalue weighted by atomic mass is 16.6. The summed E-state index contributed by atoms with van der Waals surface area (Å²) in [5, 5.41) is 0. The van der Waals surface area contributed by atoms with Crippen molar-refractivity contribution in [1.29, 1.82) is 0 Å². The lowest BCUT2D eigenvalue weighted by Crippen LogP contribution is -2.46. The third kappa shape index (κ3) is 7.45. The number of quaternary nitrogens is 2. The molecule has 0 saturated carbocycles. The fourth-order valence-electron chi connectivity index (χ4n) is 1.02. The number of rotatable bonds is 7. The molecular weight excluding hydrogens is 260 g/mol. The van der Waals surface area contributed by atoms with Crippen LogP contribution in [0, 0.1) is 0 Å². The van der Waals surface area contributed by atoms with Gasteiger partial charge in [0.2, 0.25) is 12.5 Å². The minimum Gasteiger partial charge on any atom is -0.413 e. The quantitative estimate of drug-likeness (QED) is 0.398. The molecule has 0 saturated heterocycles. The van der Waals surface area contributed by atoms with Crippen LogP contribution in [0.15, 0.2) is 0 Å².